The lowest BCUT2D eigenvalue weighted by Gasteiger charge is -2.20. The van der Waals surface area contributed by atoms with Crippen LogP contribution in [-0.4, -0.2) is 45.0 Å². The number of methoxy groups -OCH3 is 1. The molecule has 0 radical (unpaired) electrons. The predicted octanol–water partition coefficient (Wildman–Crippen LogP) is 2.66. The Morgan fingerprint density at radius 3 is 2.63 bits per heavy atom. The minimum absolute atomic E-state index is 0.292. The normalized spacial score (nSPS) is 14.1. The Bertz CT molecular complexity index is 833. The van der Waals surface area contributed by atoms with Crippen LogP contribution in [0.2, 0.25) is 0 Å². The fourth-order valence-corrected chi connectivity index (χ4v) is 3.79. The van der Waals surface area contributed by atoms with Crippen LogP contribution in [0, 0.1) is 0 Å². The zero-order chi connectivity index (χ0) is 18.8. The maximum absolute atomic E-state index is 6.21. The summed E-state index contributed by atoms with van der Waals surface area (Å²) in [6.45, 7) is 9.06. The van der Waals surface area contributed by atoms with Crippen LogP contribution in [0.1, 0.15) is 19.4 Å². The first kappa shape index (κ1) is 17.9. The molecule has 0 unspecified atom stereocenters. The smallest absolute Gasteiger partial charge is 0.411 e. The number of hydrogen-bond acceptors (Lipinski definition) is 5. The zero-order valence-electron chi connectivity index (χ0n) is 16.3. The fourth-order valence-electron chi connectivity index (χ4n) is 3.79. The molecule has 0 N–H and O–H groups in total. The highest BCUT2D eigenvalue weighted by Crippen LogP contribution is 2.40. The van der Waals surface area contributed by atoms with Crippen LogP contribution in [0.15, 0.2) is 24.3 Å². The van der Waals surface area contributed by atoms with Gasteiger partial charge in [0.05, 0.1) is 12.7 Å². The number of fused-ring (bicyclic) bond motifs is 4. The SMILES string of the molecule is CCN(CC)CCOc1c(OC)ccc2[n+]1CCc1cc3c(cc1-2)OCO3. The van der Waals surface area contributed by atoms with E-state index in [9.17, 15) is 0 Å². The molecule has 0 amide bonds. The number of hydrogen-bond donors (Lipinski definition) is 0. The van der Waals surface area contributed by atoms with Gasteiger partial charge in [-0.05, 0) is 36.9 Å². The van der Waals surface area contributed by atoms with Crippen molar-refractivity contribution in [1.29, 1.82) is 0 Å². The Morgan fingerprint density at radius 1 is 1.11 bits per heavy atom. The molecule has 27 heavy (non-hydrogen) atoms. The molecule has 1 aromatic heterocycles. The maximum Gasteiger partial charge on any atom is 0.411 e. The predicted molar refractivity (Wildman–Crippen MR) is 102 cm³/mol. The highest BCUT2D eigenvalue weighted by Gasteiger charge is 2.32. The van der Waals surface area contributed by atoms with E-state index in [1.54, 1.807) is 7.11 Å². The van der Waals surface area contributed by atoms with Crippen molar-refractivity contribution in [2.45, 2.75) is 26.8 Å². The Morgan fingerprint density at radius 2 is 1.89 bits per heavy atom. The average Bonchev–Trinajstić information content (AvgIpc) is 3.16. The molecule has 0 saturated carbocycles. The summed E-state index contributed by atoms with van der Waals surface area (Å²) in [7, 11) is 1.69. The summed E-state index contributed by atoms with van der Waals surface area (Å²) >= 11 is 0. The van der Waals surface area contributed by atoms with Crippen LogP contribution in [0.25, 0.3) is 11.3 Å². The van der Waals surface area contributed by atoms with Crippen LogP contribution in [0.4, 0.5) is 0 Å². The van der Waals surface area contributed by atoms with Gasteiger partial charge in [0.1, 0.15) is 6.61 Å². The van der Waals surface area contributed by atoms with E-state index < -0.39 is 0 Å². The quantitative estimate of drug-likeness (QED) is 0.700. The summed E-state index contributed by atoms with van der Waals surface area (Å²) in [5.41, 5.74) is 3.56. The summed E-state index contributed by atoms with van der Waals surface area (Å²) in [6, 6.07) is 8.26. The third kappa shape index (κ3) is 3.30. The molecular formula is C21H27N2O4+. The average molecular weight is 371 g/mol. The minimum atomic E-state index is 0.292. The molecule has 0 atom stereocenters. The lowest BCUT2D eigenvalue weighted by Crippen LogP contribution is -2.43. The number of likely N-dealkylation sites (N-methyl/N-ethyl adjacent to an activating group) is 1. The number of aromatic nitrogens is 1. The number of rotatable bonds is 7. The monoisotopic (exact) mass is 371 g/mol. The van der Waals surface area contributed by atoms with E-state index in [0.717, 1.165) is 61.4 Å². The van der Waals surface area contributed by atoms with Crippen molar-refractivity contribution in [3.05, 3.63) is 29.8 Å². The van der Waals surface area contributed by atoms with Gasteiger partial charge < -0.3 is 23.8 Å². The molecule has 0 bridgehead atoms. The van der Waals surface area contributed by atoms with Crippen molar-refractivity contribution in [3.63, 3.8) is 0 Å². The van der Waals surface area contributed by atoms with Gasteiger partial charge in [-0.2, -0.15) is 4.57 Å². The molecule has 3 heterocycles. The van der Waals surface area contributed by atoms with Crippen LogP contribution < -0.4 is 23.5 Å². The van der Waals surface area contributed by atoms with E-state index in [0.29, 0.717) is 13.4 Å². The summed E-state index contributed by atoms with van der Waals surface area (Å²) < 4.78 is 25.1. The Hall–Kier alpha value is -2.47. The molecule has 0 saturated heterocycles. The number of pyridine rings is 1. The van der Waals surface area contributed by atoms with Gasteiger partial charge in [0.2, 0.25) is 18.2 Å². The van der Waals surface area contributed by atoms with E-state index >= 15 is 0 Å². The molecule has 144 valence electrons. The second-order valence-electron chi connectivity index (χ2n) is 6.73. The summed E-state index contributed by atoms with van der Waals surface area (Å²) in [5, 5.41) is 0. The first-order valence-electron chi connectivity index (χ1n) is 9.64. The number of nitrogens with zero attached hydrogens (tertiary/aromatic N) is 2. The van der Waals surface area contributed by atoms with E-state index in [2.05, 4.69) is 41.5 Å². The molecule has 6 heteroatoms. The van der Waals surface area contributed by atoms with Gasteiger partial charge in [0.15, 0.2) is 18.0 Å². The van der Waals surface area contributed by atoms with E-state index in [1.807, 2.05) is 6.07 Å². The second kappa shape index (κ2) is 7.64. The second-order valence-corrected chi connectivity index (χ2v) is 6.73. The van der Waals surface area contributed by atoms with Crippen molar-refractivity contribution < 1.29 is 23.5 Å². The standard InChI is InChI=1S/C21H27N2O4/c1-4-22(5-2)10-11-25-21-18(24-3)7-6-17-16-13-20-19(26-14-27-20)12-15(16)8-9-23(17)21/h6-7,12-13H,4-5,8-11,14H2,1-3H3/q+1. The van der Waals surface area contributed by atoms with Gasteiger partial charge in [0, 0.05) is 19.0 Å². The van der Waals surface area contributed by atoms with Crippen molar-refractivity contribution in [2.75, 3.05) is 40.1 Å². The van der Waals surface area contributed by atoms with Gasteiger partial charge >= 0.3 is 5.88 Å². The molecule has 0 fully saturated rings. The third-order valence-corrected chi connectivity index (χ3v) is 5.38. The largest absolute Gasteiger partial charge is 0.488 e. The molecule has 1 aromatic carbocycles. The minimum Gasteiger partial charge on any atom is -0.488 e. The Kier molecular flexibility index (Phi) is 5.07. The molecule has 2 aliphatic rings. The topological polar surface area (TPSA) is 44.0 Å². The van der Waals surface area contributed by atoms with Crippen molar-refractivity contribution in [3.8, 4) is 34.4 Å². The van der Waals surface area contributed by atoms with Crippen LogP contribution in [0.5, 0.6) is 23.1 Å². The first-order valence-corrected chi connectivity index (χ1v) is 9.64. The van der Waals surface area contributed by atoms with Gasteiger partial charge in [-0.3, -0.25) is 0 Å². The van der Waals surface area contributed by atoms with Crippen LogP contribution in [-0.2, 0) is 13.0 Å². The molecule has 2 aromatic rings. The van der Waals surface area contributed by atoms with E-state index in [-0.39, 0.29) is 0 Å². The molecule has 2 aliphatic heterocycles. The van der Waals surface area contributed by atoms with Crippen molar-refractivity contribution >= 4 is 0 Å². The van der Waals surface area contributed by atoms with Crippen LogP contribution >= 0.6 is 0 Å². The van der Waals surface area contributed by atoms with E-state index in [1.165, 1.54) is 11.1 Å². The number of aryl methyl sites for hydroxylation is 1. The third-order valence-electron chi connectivity index (χ3n) is 5.38. The van der Waals surface area contributed by atoms with Gasteiger partial charge in [0.25, 0.3) is 0 Å². The van der Waals surface area contributed by atoms with Gasteiger partial charge in [-0.25, -0.2) is 0 Å². The highest BCUT2D eigenvalue weighted by atomic mass is 16.7. The van der Waals surface area contributed by atoms with Gasteiger partial charge in [-0.1, -0.05) is 13.8 Å². The maximum atomic E-state index is 6.21. The zero-order valence-corrected chi connectivity index (χ0v) is 16.3. The molecule has 0 aliphatic carbocycles. The lowest BCUT2D eigenvalue weighted by atomic mass is 9.96. The number of benzene rings is 1. The van der Waals surface area contributed by atoms with Crippen molar-refractivity contribution in [2.24, 2.45) is 0 Å². The molecule has 6 nitrogen and oxygen atoms in total. The Balaban J connectivity index is 1.66. The Labute approximate surface area is 160 Å². The summed E-state index contributed by atoms with van der Waals surface area (Å²) in [6.07, 6.45) is 0.920. The lowest BCUT2D eigenvalue weighted by molar-refractivity contribution is -0.693. The molecule has 4 rings (SSSR count). The van der Waals surface area contributed by atoms with E-state index in [4.69, 9.17) is 18.9 Å². The molecule has 0 spiro atoms. The van der Waals surface area contributed by atoms with Gasteiger partial charge in [-0.15, -0.1) is 0 Å². The number of ether oxygens (including phenoxy) is 4. The summed E-state index contributed by atoms with van der Waals surface area (Å²) in [4.78, 5) is 2.35. The summed E-state index contributed by atoms with van der Waals surface area (Å²) in [5.74, 6) is 3.21. The highest BCUT2D eigenvalue weighted by molar-refractivity contribution is 5.68. The fraction of sp³-hybridized carbons (Fsp3) is 0.476. The first-order chi connectivity index (χ1) is 13.2. The van der Waals surface area contributed by atoms with Crippen LogP contribution in [0.3, 0.4) is 0 Å². The molecular weight excluding hydrogens is 344 g/mol. The van der Waals surface area contributed by atoms with Crippen molar-refractivity contribution in [1.82, 2.24) is 4.90 Å².